The smallest absolute Gasteiger partial charge is 0.331 e. The number of rotatable bonds is 6. The molecule has 4 nitrogen and oxygen atoms in total. The van der Waals surface area contributed by atoms with Gasteiger partial charge in [0.2, 0.25) is 5.91 Å². The van der Waals surface area contributed by atoms with Gasteiger partial charge >= 0.3 is 12.1 Å². The number of nitrogens with one attached hydrogen (secondary N) is 1. The third kappa shape index (κ3) is 5.62. The molecule has 25 heavy (non-hydrogen) atoms. The Labute approximate surface area is 144 Å². The van der Waals surface area contributed by atoms with Gasteiger partial charge in [-0.2, -0.15) is 13.2 Å². The molecule has 0 heterocycles. The molecule has 0 aromatic heterocycles. The van der Waals surface area contributed by atoms with E-state index in [9.17, 15) is 22.8 Å². The minimum Gasteiger partial charge on any atom is -0.331 e. The first-order valence-electron chi connectivity index (χ1n) is 8.21. The molecule has 1 aromatic rings. The monoisotopic (exact) mass is 354 g/mol. The van der Waals surface area contributed by atoms with Crippen LogP contribution in [0.3, 0.4) is 0 Å². The lowest BCUT2D eigenvalue weighted by Crippen LogP contribution is -2.40. The molecule has 2 rings (SSSR count). The average Bonchev–Trinajstić information content (AvgIpc) is 3.04. The van der Waals surface area contributed by atoms with Crippen LogP contribution in [-0.4, -0.2) is 29.4 Å². The van der Waals surface area contributed by atoms with Crippen LogP contribution >= 0.6 is 0 Å². The molecule has 136 valence electrons. The zero-order chi connectivity index (χ0) is 18.4. The first kappa shape index (κ1) is 19.0. The van der Waals surface area contributed by atoms with Gasteiger partial charge in [0.05, 0.1) is 0 Å². The number of benzene rings is 1. The van der Waals surface area contributed by atoms with Crippen molar-refractivity contribution in [1.29, 1.82) is 0 Å². The van der Waals surface area contributed by atoms with E-state index in [1.165, 1.54) is 6.92 Å². The van der Waals surface area contributed by atoms with Crippen LogP contribution in [0.1, 0.15) is 31.7 Å². The summed E-state index contributed by atoms with van der Waals surface area (Å²) in [5.74, 6) is -1.76. The first-order valence-corrected chi connectivity index (χ1v) is 8.21. The Hall–Kier alpha value is -2.31. The van der Waals surface area contributed by atoms with E-state index in [0.29, 0.717) is 17.7 Å². The van der Waals surface area contributed by atoms with Gasteiger partial charge in [-0.15, -0.1) is 0 Å². The minimum atomic E-state index is -4.89. The summed E-state index contributed by atoms with van der Waals surface area (Å²) in [6.45, 7) is 1.28. The lowest BCUT2D eigenvalue weighted by Gasteiger charge is -2.22. The average molecular weight is 354 g/mol. The summed E-state index contributed by atoms with van der Waals surface area (Å²) < 4.78 is 37.7. The van der Waals surface area contributed by atoms with Crippen molar-refractivity contribution in [3.05, 3.63) is 42.0 Å². The van der Waals surface area contributed by atoms with Crippen molar-refractivity contribution in [3.63, 3.8) is 0 Å². The van der Waals surface area contributed by atoms with Gasteiger partial charge in [-0.25, -0.2) is 0 Å². The molecule has 1 unspecified atom stereocenters. The van der Waals surface area contributed by atoms with E-state index in [1.54, 1.807) is 24.3 Å². The molecule has 0 bridgehead atoms. The van der Waals surface area contributed by atoms with Gasteiger partial charge in [-0.1, -0.05) is 24.3 Å². The number of carbonyl (C=O) groups excluding carboxylic acids is 2. The highest BCUT2D eigenvalue weighted by molar-refractivity contribution is 5.91. The van der Waals surface area contributed by atoms with Crippen LogP contribution in [0.4, 0.5) is 18.9 Å². The van der Waals surface area contributed by atoms with E-state index in [0.717, 1.165) is 17.7 Å². The largest absolute Gasteiger partial charge is 0.471 e. The Balaban J connectivity index is 1.98. The zero-order valence-electron chi connectivity index (χ0n) is 14.0. The van der Waals surface area contributed by atoms with Crippen molar-refractivity contribution in [2.45, 2.75) is 38.9 Å². The van der Waals surface area contributed by atoms with Crippen LogP contribution in [-0.2, 0) is 16.1 Å². The van der Waals surface area contributed by atoms with Crippen LogP contribution in [0.25, 0.3) is 0 Å². The molecule has 1 aromatic carbocycles. The number of hydrogen-bond acceptors (Lipinski definition) is 2. The van der Waals surface area contributed by atoms with Gasteiger partial charge in [0.15, 0.2) is 0 Å². The van der Waals surface area contributed by atoms with Crippen LogP contribution in [0.15, 0.2) is 36.4 Å². The minimum absolute atomic E-state index is 0.0526. The summed E-state index contributed by atoms with van der Waals surface area (Å²) in [5.41, 5.74) is 1.04. The number of amides is 2. The fourth-order valence-corrected chi connectivity index (χ4v) is 2.79. The second-order valence-corrected chi connectivity index (χ2v) is 6.04. The molecular weight excluding hydrogens is 333 g/mol. The molecule has 0 spiro atoms. The third-order valence-corrected chi connectivity index (χ3v) is 4.06. The van der Waals surface area contributed by atoms with Crippen LogP contribution < -0.4 is 5.32 Å². The van der Waals surface area contributed by atoms with Crippen molar-refractivity contribution >= 4 is 17.5 Å². The summed E-state index contributed by atoms with van der Waals surface area (Å²) in [6.07, 6.45) is 1.50. The predicted octanol–water partition coefficient (Wildman–Crippen LogP) is 3.89. The molecule has 1 aliphatic rings. The molecule has 7 heteroatoms. The number of anilines is 1. The maximum atomic E-state index is 12.6. The molecule has 1 atom stereocenters. The molecule has 0 aliphatic heterocycles. The molecule has 0 saturated heterocycles. The van der Waals surface area contributed by atoms with Crippen LogP contribution in [0.2, 0.25) is 0 Å². The van der Waals surface area contributed by atoms with E-state index in [4.69, 9.17) is 0 Å². The Morgan fingerprint density at radius 1 is 1.32 bits per heavy atom. The number of alkyl halides is 3. The van der Waals surface area contributed by atoms with Gasteiger partial charge in [0, 0.05) is 25.2 Å². The van der Waals surface area contributed by atoms with E-state index < -0.39 is 12.1 Å². The Morgan fingerprint density at radius 3 is 2.68 bits per heavy atom. The van der Waals surface area contributed by atoms with Gasteiger partial charge < -0.3 is 10.2 Å². The highest BCUT2D eigenvalue weighted by Crippen LogP contribution is 2.22. The van der Waals surface area contributed by atoms with Crippen molar-refractivity contribution in [2.75, 3.05) is 11.9 Å². The standard InChI is InChI=1S/C18H21F3N2O2/c1-2-23(17(25)18(19,20)21)12-14-8-5-9-15(10-14)22-16(24)11-13-6-3-4-7-13/h3,5-6,8-10,13H,2,4,7,11-12H2,1H3,(H,22,24). The highest BCUT2D eigenvalue weighted by Gasteiger charge is 2.41. The quantitative estimate of drug-likeness (QED) is 0.788. The van der Waals surface area contributed by atoms with Crippen molar-refractivity contribution in [3.8, 4) is 0 Å². The fourth-order valence-electron chi connectivity index (χ4n) is 2.79. The number of hydrogen-bond donors (Lipinski definition) is 1. The zero-order valence-corrected chi connectivity index (χ0v) is 14.0. The second-order valence-electron chi connectivity index (χ2n) is 6.04. The molecule has 0 radical (unpaired) electrons. The first-order chi connectivity index (χ1) is 11.8. The van der Waals surface area contributed by atoms with Gasteiger partial charge in [-0.05, 0) is 43.4 Å². The number of carbonyl (C=O) groups is 2. The molecule has 1 N–H and O–H groups in total. The van der Waals surface area contributed by atoms with Crippen molar-refractivity contribution in [2.24, 2.45) is 5.92 Å². The van der Waals surface area contributed by atoms with E-state index in [1.807, 2.05) is 6.08 Å². The fraction of sp³-hybridized carbons (Fsp3) is 0.444. The predicted molar refractivity (Wildman–Crippen MR) is 88.7 cm³/mol. The van der Waals surface area contributed by atoms with E-state index in [-0.39, 0.29) is 24.9 Å². The summed E-state index contributed by atoms with van der Waals surface area (Å²) in [7, 11) is 0. The Kier molecular flexibility index (Phi) is 6.22. The molecule has 1 aliphatic carbocycles. The Bertz CT molecular complexity index is 656. The summed E-state index contributed by atoms with van der Waals surface area (Å²) in [4.78, 5) is 24.1. The second kappa shape index (κ2) is 8.18. The number of allylic oxidation sites excluding steroid dienone is 2. The maximum Gasteiger partial charge on any atom is 0.471 e. The number of nitrogens with zero attached hydrogens (tertiary/aromatic N) is 1. The van der Waals surface area contributed by atoms with Crippen molar-refractivity contribution < 1.29 is 22.8 Å². The van der Waals surface area contributed by atoms with E-state index in [2.05, 4.69) is 11.4 Å². The highest BCUT2D eigenvalue weighted by atomic mass is 19.4. The SMILES string of the molecule is CCN(Cc1cccc(NC(=O)CC2C=CCC2)c1)C(=O)C(F)(F)F. The molecule has 2 amide bonds. The van der Waals surface area contributed by atoms with Gasteiger partial charge in [0.25, 0.3) is 0 Å². The lowest BCUT2D eigenvalue weighted by molar-refractivity contribution is -0.185. The van der Waals surface area contributed by atoms with Crippen molar-refractivity contribution in [1.82, 2.24) is 4.90 Å². The molecule has 0 fully saturated rings. The molecule has 0 saturated carbocycles. The summed E-state index contributed by atoms with van der Waals surface area (Å²) in [6, 6.07) is 6.54. The van der Waals surface area contributed by atoms with Gasteiger partial charge in [0.1, 0.15) is 0 Å². The lowest BCUT2D eigenvalue weighted by atomic mass is 10.0. The number of halogens is 3. The summed E-state index contributed by atoms with van der Waals surface area (Å²) in [5, 5.41) is 2.76. The Morgan fingerprint density at radius 2 is 2.08 bits per heavy atom. The van der Waals surface area contributed by atoms with Crippen LogP contribution in [0, 0.1) is 5.92 Å². The maximum absolute atomic E-state index is 12.6. The van der Waals surface area contributed by atoms with Gasteiger partial charge in [-0.3, -0.25) is 9.59 Å². The normalized spacial score (nSPS) is 16.7. The topological polar surface area (TPSA) is 49.4 Å². The third-order valence-electron chi connectivity index (χ3n) is 4.06. The summed E-state index contributed by atoms with van der Waals surface area (Å²) >= 11 is 0. The van der Waals surface area contributed by atoms with Crippen LogP contribution in [0.5, 0.6) is 0 Å². The van der Waals surface area contributed by atoms with E-state index >= 15 is 0 Å². The molecular formula is C18H21F3N2O2.